The predicted molar refractivity (Wildman–Crippen MR) is 114 cm³/mol. The lowest BCUT2D eigenvalue weighted by atomic mass is 9.83. The molecule has 0 saturated carbocycles. The van der Waals surface area contributed by atoms with Crippen molar-refractivity contribution in [2.75, 3.05) is 0 Å². The Kier molecular flexibility index (Phi) is 5.98. The SMILES string of the molecule is O=S(=O)(O)C(c1ccc(O)cc1)(c1ccc(O)c(Cl)c1)c1c(Cl)cc(Cl)cc1Cl. The molecule has 0 bridgehead atoms. The van der Waals surface area contributed by atoms with Gasteiger partial charge in [0.05, 0.1) is 5.02 Å². The molecule has 0 fully saturated rings. The molecule has 0 amide bonds. The highest BCUT2D eigenvalue weighted by molar-refractivity contribution is 7.87. The summed E-state index contributed by atoms with van der Waals surface area (Å²) in [5.41, 5.74) is -0.189. The van der Waals surface area contributed by atoms with Gasteiger partial charge < -0.3 is 10.2 Å². The Bertz CT molecular complexity index is 1170. The highest BCUT2D eigenvalue weighted by Gasteiger charge is 2.51. The van der Waals surface area contributed by atoms with E-state index in [0.29, 0.717) is 0 Å². The molecule has 0 saturated heterocycles. The van der Waals surface area contributed by atoms with E-state index in [0.717, 1.165) is 0 Å². The molecule has 3 aromatic carbocycles. The third kappa shape index (κ3) is 3.77. The molecule has 0 aliphatic rings. The number of aromatic hydroxyl groups is 2. The van der Waals surface area contributed by atoms with Crippen molar-refractivity contribution in [3.8, 4) is 11.5 Å². The van der Waals surface area contributed by atoms with Crippen LogP contribution in [0.5, 0.6) is 11.5 Å². The van der Waals surface area contributed by atoms with Crippen molar-refractivity contribution >= 4 is 56.5 Å². The summed E-state index contributed by atoms with van der Waals surface area (Å²) in [5.74, 6) is -0.423. The van der Waals surface area contributed by atoms with Gasteiger partial charge in [0.2, 0.25) is 0 Å². The van der Waals surface area contributed by atoms with Gasteiger partial charge in [0, 0.05) is 20.6 Å². The number of phenolic OH excluding ortho intramolecular Hbond substituents is 2. The van der Waals surface area contributed by atoms with Gasteiger partial charge in [-0.15, -0.1) is 0 Å². The molecule has 29 heavy (non-hydrogen) atoms. The molecule has 3 rings (SSSR count). The van der Waals surface area contributed by atoms with E-state index in [-0.39, 0.29) is 48.3 Å². The normalized spacial score (nSPS) is 13.8. The summed E-state index contributed by atoms with van der Waals surface area (Å²) in [6.07, 6.45) is 0. The maximum Gasteiger partial charge on any atom is 0.283 e. The summed E-state index contributed by atoms with van der Waals surface area (Å²) in [6, 6.07) is 11.3. The monoisotopic (exact) mass is 492 g/mol. The van der Waals surface area contributed by atoms with Crippen LogP contribution < -0.4 is 0 Å². The van der Waals surface area contributed by atoms with Crippen LogP contribution in [0.25, 0.3) is 0 Å². The Morgan fingerprint density at radius 2 is 1.24 bits per heavy atom. The molecule has 0 heterocycles. The molecule has 0 radical (unpaired) electrons. The van der Waals surface area contributed by atoms with Gasteiger partial charge >= 0.3 is 0 Å². The quantitative estimate of drug-likeness (QED) is 0.311. The third-order valence-corrected chi connectivity index (χ3v) is 6.94. The molecular weight excluding hydrogens is 482 g/mol. The van der Waals surface area contributed by atoms with Crippen LogP contribution >= 0.6 is 46.4 Å². The average molecular weight is 494 g/mol. The molecular formula is C19H12Cl4O5S. The number of halogens is 4. The molecule has 1 atom stereocenters. The number of hydrogen-bond acceptors (Lipinski definition) is 4. The maximum absolute atomic E-state index is 13.0. The van der Waals surface area contributed by atoms with Crippen molar-refractivity contribution in [3.63, 3.8) is 0 Å². The zero-order valence-corrected chi connectivity index (χ0v) is 18.1. The fourth-order valence-corrected chi connectivity index (χ4v) is 5.91. The summed E-state index contributed by atoms with van der Waals surface area (Å²) in [7, 11) is -5.02. The van der Waals surface area contributed by atoms with Crippen LogP contribution in [0.1, 0.15) is 16.7 Å². The van der Waals surface area contributed by atoms with Crippen molar-refractivity contribution in [1.29, 1.82) is 0 Å². The van der Waals surface area contributed by atoms with E-state index >= 15 is 0 Å². The van der Waals surface area contributed by atoms with Gasteiger partial charge in [-0.25, -0.2) is 0 Å². The minimum absolute atomic E-state index is 0.0191. The van der Waals surface area contributed by atoms with Crippen LogP contribution in [0.15, 0.2) is 54.6 Å². The molecule has 0 aliphatic heterocycles. The second kappa shape index (κ2) is 7.87. The highest BCUT2D eigenvalue weighted by Crippen LogP contribution is 2.50. The topological polar surface area (TPSA) is 94.8 Å². The van der Waals surface area contributed by atoms with E-state index in [1.807, 2.05) is 0 Å². The van der Waals surface area contributed by atoms with E-state index in [9.17, 15) is 23.2 Å². The lowest BCUT2D eigenvalue weighted by Gasteiger charge is -2.34. The lowest BCUT2D eigenvalue weighted by Crippen LogP contribution is -2.38. The Morgan fingerprint density at radius 1 is 0.724 bits per heavy atom. The van der Waals surface area contributed by atoms with Crippen LogP contribution in [0.4, 0.5) is 0 Å². The first-order valence-electron chi connectivity index (χ1n) is 7.89. The van der Waals surface area contributed by atoms with Gasteiger partial charge in [0.15, 0.2) is 4.75 Å². The van der Waals surface area contributed by atoms with E-state index in [1.165, 1.54) is 54.6 Å². The van der Waals surface area contributed by atoms with E-state index < -0.39 is 14.9 Å². The Balaban J connectivity index is 2.58. The van der Waals surface area contributed by atoms with Crippen LogP contribution in [0.3, 0.4) is 0 Å². The van der Waals surface area contributed by atoms with E-state index in [1.54, 1.807) is 0 Å². The van der Waals surface area contributed by atoms with E-state index in [4.69, 9.17) is 46.4 Å². The molecule has 3 N–H and O–H groups in total. The number of benzene rings is 3. The lowest BCUT2D eigenvalue weighted by molar-refractivity contribution is 0.456. The summed E-state index contributed by atoms with van der Waals surface area (Å²) < 4.78 is 34.1. The molecule has 5 nitrogen and oxygen atoms in total. The molecule has 10 heteroatoms. The average Bonchev–Trinajstić information content (AvgIpc) is 2.60. The maximum atomic E-state index is 13.0. The third-order valence-electron chi connectivity index (χ3n) is 4.37. The smallest absolute Gasteiger partial charge is 0.283 e. The van der Waals surface area contributed by atoms with Crippen molar-refractivity contribution in [2.24, 2.45) is 0 Å². The molecule has 0 spiro atoms. The second-order valence-corrected chi connectivity index (χ2v) is 9.33. The largest absolute Gasteiger partial charge is 0.508 e. The molecule has 152 valence electrons. The first-order valence-corrected chi connectivity index (χ1v) is 10.8. The van der Waals surface area contributed by atoms with Crippen molar-refractivity contribution in [1.82, 2.24) is 0 Å². The first kappa shape index (κ1) is 22.0. The van der Waals surface area contributed by atoms with Gasteiger partial charge in [-0.05, 0) is 47.5 Å². The summed E-state index contributed by atoms with van der Waals surface area (Å²) in [5, 5.41) is 19.2. The fraction of sp³-hybridized carbons (Fsp3) is 0.0526. The van der Waals surface area contributed by atoms with Gasteiger partial charge in [0.25, 0.3) is 10.1 Å². The Labute approximate surface area is 186 Å². The number of phenols is 2. The van der Waals surface area contributed by atoms with Gasteiger partial charge in [-0.2, -0.15) is 8.42 Å². The fourth-order valence-electron chi connectivity index (χ4n) is 3.18. The predicted octanol–water partition coefficient (Wildman–Crippen LogP) is 5.89. The van der Waals surface area contributed by atoms with Crippen LogP contribution in [0.2, 0.25) is 20.1 Å². The van der Waals surface area contributed by atoms with Gasteiger partial charge in [-0.1, -0.05) is 64.6 Å². The zero-order valence-electron chi connectivity index (χ0n) is 14.3. The Hall–Kier alpha value is -1.67. The highest BCUT2D eigenvalue weighted by atomic mass is 35.5. The van der Waals surface area contributed by atoms with Crippen molar-refractivity contribution in [2.45, 2.75) is 4.75 Å². The second-order valence-electron chi connectivity index (χ2n) is 6.11. The van der Waals surface area contributed by atoms with Crippen LogP contribution in [-0.2, 0) is 14.9 Å². The minimum Gasteiger partial charge on any atom is -0.508 e. The molecule has 1 unspecified atom stereocenters. The molecule has 0 aromatic heterocycles. The van der Waals surface area contributed by atoms with Crippen LogP contribution in [0, 0.1) is 0 Å². The minimum atomic E-state index is -5.02. The van der Waals surface area contributed by atoms with Crippen molar-refractivity contribution in [3.05, 3.63) is 91.4 Å². The van der Waals surface area contributed by atoms with Gasteiger partial charge in [-0.3, -0.25) is 4.55 Å². The standard InChI is InChI=1S/C19H12Cl4O5S/c20-12-8-15(22)18(16(23)9-12)19(29(26,27)28,10-1-4-13(24)5-2-10)11-3-6-17(25)14(21)7-11/h1-9,24-25H,(H,26,27,28). The number of hydrogen-bond donors (Lipinski definition) is 3. The summed E-state index contributed by atoms with van der Waals surface area (Å²) >= 11 is 24.7. The van der Waals surface area contributed by atoms with Gasteiger partial charge in [0.1, 0.15) is 11.5 Å². The van der Waals surface area contributed by atoms with Crippen molar-refractivity contribution < 1.29 is 23.2 Å². The number of rotatable bonds is 4. The first-order chi connectivity index (χ1) is 13.5. The molecule has 3 aromatic rings. The van der Waals surface area contributed by atoms with E-state index in [2.05, 4.69) is 0 Å². The summed E-state index contributed by atoms with van der Waals surface area (Å²) in [4.78, 5) is 0. The summed E-state index contributed by atoms with van der Waals surface area (Å²) in [6.45, 7) is 0. The molecule has 0 aliphatic carbocycles. The van der Waals surface area contributed by atoms with Crippen LogP contribution in [-0.4, -0.2) is 23.2 Å². The Morgan fingerprint density at radius 3 is 1.72 bits per heavy atom. The zero-order chi connectivity index (χ0) is 21.6.